The van der Waals surface area contributed by atoms with E-state index in [0.29, 0.717) is 0 Å². The second kappa shape index (κ2) is 6.38. The zero-order valence-electron chi connectivity index (χ0n) is 12.8. The van der Waals surface area contributed by atoms with Crippen LogP contribution in [0.25, 0.3) is 0 Å². The van der Waals surface area contributed by atoms with Crippen molar-refractivity contribution in [3.63, 3.8) is 0 Å². The van der Waals surface area contributed by atoms with Crippen LogP contribution in [0.1, 0.15) is 59.8 Å². The summed E-state index contributed by atoms with van der Waals surface area (Å²) in [5, 5.41) is 3.72. The van der Waals surface area contributed by atoms with Gasteiger partial charge in [-0.1, -0.05) is 27.7 Å². The molecule has 1 saturated heterocycles. The van der Waals surface area contributed by atoms with E-state index in [2.05, 4.69) is 37.9 Å². The standard InChI is InChI=1S/C16H32N2/c1-5-14-11-18(15(6-2)10-17-14)16-8-12(3)7-13(4)9-16/h12-17H,5-11H2,1-4H3. The molecule has 0 bridgehead atoms. The summed E-state index contributed by atoms with van der Waals surface area (Å²) in [5.74, 6) is 1.84. The zero-order valence-corrected chi connectivity index (χ0v) is 12.8. The summed E-state index contributed by atoms with van der Waals surface area (Å²) >= 11 is 0. The van der Waals surface area contributed by atoms with E-state index in [0.717, 1.165) is 30.0 Å². The number of nitrogens with zero attached hydrogens (tertiary/aromatic N) is 1. The average molecular weight is 252 g/mol. The first kappa shape index (κ1) is 14.3. The molecule has 1 heterocycles. The molecule has 0 amide bonds. The molecule has 4 atom stereocenters. The Balaban J connectivity index is 2.02. The van der Waals surface area contributed by atoms with E-state index >= 15 is 0 Å². The number of hydrogen-bond donors (Lipinski definition) is 1. The largest absolute Gasteiger partial charge is 0.311 e. The SMILES string of the molecule is CCC1CN(C2CC(C)CC(C)C2)C(CC)CN1. The van der Waals surface area contributed by atoms with Gasteiger partial charge in [-0.25, -0.2) is 0 Å². The van der Waals surface area contributed by atoms with Crippen molar-refractivity contribution >= 4 is 0 Å². The minimum atomic E-state index is 0.723. The number of rotatable bonds is 3. The van der Waals surface area contributed by atoms with Gasteiger partial charge in [0, 0.05) is 31.2 Å². The van der Waals surface area contributed by atoms with Gasteiger partial charge < -0.3 is 5.32 Å². The molecule has 1 aliphatic heterocycles. The highest BCUT2D eigenvalue weighted by molar-refractivity contribution is 4.91. The van der Waals surface area contributed by atoms with Gasteiger partial charge in [-0.3, -0.25) is 4.90 Å². The van der Waals surface area contributed by atoms with Crippen molar-refractivity contribution in [1.29, 1.82) is 0 Å². The maximum atomic E-state index is 3.72. The molecular weight excluding hydrogens is 220 g/mol. The lowest BCUT2D eigenvalue weighted by atomic mass is 9.79. The average Bonchev–Trinajstić information content (AvgIpc) is 2.36. The lowest BCUT2D eigenvalue weighted by Crippen LogP contribution is -2.60. The Bertz CT molecular complexity index is 243. The summed E-state index contributed by atoms with van der Waals surface area (Å²) in [6.45, 7) is 12.0. The smallest absolute Gasteiger partial charge is 0.0221 e. The van der Waals surface area contributed by atoms with E-state index in [-0.39, 0.29) is 0 Å². The van der Waals surface area contributed by atoms with Crippen LogP contribution in [-0.2, 0) is 0 Å². The molecule has 1 aliphatic carbocycles. The van der Waals surface area contributed by atoms with Crippen molar-refractivity contribution in [3.05, 3.63) is 0 Å². The van der Waals surface area contributed by atoms with E-state index in [1.165, 1.54) is 45.2 Å². The monoisotopic (exact) mass is 252 g/mol. The van der Waals surface area contributed by atoms with Gasteiger partial charge in [-0.2, -0.15) is 0 Å². The van der Waals surface area contributed by atoms with Crippen LogP contribution >= 0.6 is 0 Å². The zero-order chi connectivity index (χ0) is 13.1. The van der Waals surface area contributed by atoms with E-state index in [1.807, 2.05) is 0 Å². The molecule has 0 aromatic heterocycles. The van der Waals surface area contributed by atoms with Crippen molar-refractivity contribution in [3.8, 4) is 0 Å². The number of hydrogen-bond acceptors (Lipinski definition) is 2. The normalized spacial score (nSPS) is 43.0. The van der Waals surface area contributed by atoms with Crippen molar-refractivity contribution in [2.24, 2.45) is 11.8 Å². The number of piperazine rings is 1. The molecule has 2 fully saturated rings. The van der Waals surface area contributed by atoms with E-state index < -0.39 is 0 Å². The lowest BCUT2D eigenvalue weighted by Gasteiger charge is -2.47. The predicted octanol–water partition coefficient (Wildman–Crippen LogP) is 3.27. The fourth-order valence-corrected chi connectivity index (χ4v) is 4.16. The Morgan fingerprint density at radius 1 is 1.00 bits per heavy atom. The fourth-order valence-electron chi connectivity index (χ4n) is 4.16. The van der Waals surface area contributed by atoms with E-state index in [4.69, 9.17) is 0 Å². The Kier molecular flexibility index (Phi) is 5.08. The maximum absolute atomic E-state index is 3.72. The van der Waals surface area contributed by atoms with Gasteiger partial charge in [0.05, 0.1) is 0 Å². The third kappa shape index (κ3) is 3.27. The van der Waals surface area contributed by atoms with Gasteiger partial charge in [-0.15, -0.1) is 0 Å². The summed E-state index contributed by atoms with van der Waals surface area (Å²) in [5.41, 5.74) is 0. The van der Waals surface area contributed by atoms with Gasteiger partial charge in [-0.05, 0) is 43.9 Å². The minimum absolute atomic E-state index is 0.723. The van der Waals surface area contributed by atoms with Crippen LogP contribution in [0.15, 0.2) is 0 Å². The van der Waals surface area contributed by atoms with Gasteiger partial charge in [0.2, 0.25) is 0 Å². The summed E-state index contributed by atoms with van der Waals surface area (Å²) in [4.78, 5) is 2.86. The van der Waals surface area contributed by atoms with Gasteiger partial charge in [0.1, 0.15) is 0 Å². The topological polar surface area (TPSA) is 15.3 Å². The molecule has 0 aromatic rings. The van der Waals surface area contributed by atoms with Crippen LogP contribution in [-0.4, -0.2) is 36.1 Å². The van der Waals surface area contributed by atoms with Crippen molar-refractivity contribution < 1.29 is 0 Å². The molecule has 4 unspecified atom stereocenters. The lowest BCUT2D eigenvalue weighted by molar-refractivity contribution is 0.0360. The summed E-state index contributed by atoms with van der Waals surface area (Å²) < 4.78 is 0. The first-order valence-electron chi connectivity index (χ1n) is 8.13. The first-order valence-corrected chi connectivity index (χ1v) is 8.13. The molecule has 0 radical (unpaired) electrons. The van der Waals surface area contributed by atoms with Gasteiger partial charge >= 0.3 is 0 Å². The first-order chi connectivity index (χ1) is 8.63. The van der Waals surface area contributed by atoms with E-state index in [9.17, 15) is 0 Å². The summed E-state index contributed by atoms with van der Waals surface area (Å²) in [7, 11) is 0. The van der Waals surface area contributed by atoms with Crippen LogP contribution in [0.4, 0.5) is 0 Å². The Morgan fingerprint density at radius 3 is 2.22 bits per heavy atom. The predicted molar refractivity (Wildman–Crippen MR) is 78.8 cm³/mol. The molecular formula is C16H32N2. The molecule has 106 valence electrons. The van der Waals surface area contributed by atoms with Crippen LogP contribution in [0.5, 0.6) is 0 Å². The third-order valence-electron chi connectivity index (χ3n) is 5.13. The minimum Gasteiger partial charge on any atom is -0.311 e. The van der Waals surface area contributed by atoms with Crippen LogP contribution in [0.3, 0.4) is 0 Å². The molecule has 2 aliphatic rings. The van der Waals surface area contributed by atoms with Crippen LogP contribution in [0.2, 0.25) is 0 Å². The molecule has 2 rings (SSSR count). The summed E-state index contributed by atoms with van der Waals surface area (Å²) in [6.07, 6.45) is 6.86. The van der Waals surface area contributed by atoms with Crippen LogP contribution in [0, 0.1) is 11.8 Å². The molecule has 18 heavy (non-hydrogen) atoms. The van der Waals surface area contributed by atoms with E-state index in [1.54, 1.807) is 0 Å². The van der Waals surface area contributed by atoms with Gasteiger partial charge in [0.15, 0.2) is 0 Å². The Labute approximate surface area is 114 Å². The molecule has 0 spiro atoms. The Morgan fingerprint density at radius 2 is 1.67 bits per heavy atom. The second-order valence-electron chi connectivity index (χ2n) is 6.84. The highest BCUT2D eigenvalue weighted by Gasteiger charge is 2.34. The second-order valence-corrected chi connectivity index (χ2v) is 6.84. The number of nitrogens with one attached hydrogen (secondary N) is 1. The highest BCUT2D eigenvalue weighted by Crippen LogP contribution is 2.33. The molecule has 1 N–H and O–H groups in total. The molecule has 0 aromatic carbocycles. The van der Waals surface area contributed by atoms with Crippen molar-refractivity contribution in [2.75, 3.05) is 13.1 Å². The molecule has 2 nitrogen and oxygen atoms in total. The van der Waals surface area contributed by atoms with Crippen LogP contribution < -0.4 is 5.32 Å². The van der Waals surface area contributed by atoms with Gasteiger partial charge in [0.25, 0.3) is 0 Å². The van der Waals surface area contributed by atoms with Crippen molar-refractivity contribution in [2.45, 2.75) is 77.9 Å². The molecule has 2 heteroatoms. The summed E-state index contributed by atoms with van der Waals surface area (Å²) in [6, 6.07) is 2.35. The maximum Gasteiger partial charge on any atom is 0.0221 e. The quantitative estimate of drug-likeness (QED) is 0.829. The Hall–Kier alpha value is -0.0800. The fraction of sp³-hybridized carbons (Fsp3) is 1.00. The van der Waals surface area contributed by atoms with Crippen molar-refractivity contribution in [1.82, 2.24) is 10.2 Å². The third-order valence-corrected chi connectivity index (χ3v) is 5.13. The highest BCUT2D eigenvalue weighted by atomic mass is 15.3. The molecule has 1 saturated carbocycles.